The summed E-state index contributed by atoms with van der Waals surface area (Å²) in [6.45, 7) is 3.95. The molecule has 0 saturated carbocycles. The van der Waals surface area contributed by atoms with Crippen LogP contribution in [-0.4, -0.2) is 16.1 Å². The van der Waals surface area contributed by atoms with E-state index in [1.54, 1.807) is 24.3 Å². The van der Waals surface area contributed by atoms with Gasteiger partial charge in [-0.3, -0.25) is 0 Å². The first-order valence-corrected chi connectivity index (χ1v) is 6.08. The number of benzene rings is 1. The molecule has 0 unspecified atom stereocenters. The van der Waals surface area contributed by atoms with Gasteiger partial charge in [-0.1, -0.05) is 0 Å². The molecule has 2 rings (SSSR count). The van der Waals surface area contributed by atoms with Gasteiger partial charge in [-0.2, -0.15) is 0 Å². The Kier molecular flexibility index (Phi) is 4.06. The SMILES string of the molecule is CC(C)Oc1ccc(-c2ncnc(CN)c2F)cc1. The maximum atomic E-state index is 14.0. The smallest absolute Gasteiger partial charge is 0.172 e. The monoisotopic (exact) mass is 261 g/mol. The summed E-state index contributed by atoms with van der Waals surface area (Å²) in [4.78, 5) is 7.77. The largest absolute Gasteiger partial charge is 0.491 e. The van der Waals surface area contributed by atoms with Crippen LogP contribution in [0.1, 0.15) is 19.5 Å². The Labute approximate surface area is 111 Å². The zero-order valence-corrected chi connectivity index (χ0v) is 10.9. The Morgan fingerprint density at radius 1 is 1.21 bits per heavy atom. The summed E-state index contributed by atoms with van der Waals surface area (Å²) < 4.78 is 19.6. The molecule has 5 heteroatoms. The number of ether oxygens (including phenoxy) is 1. The van der Waals surface area contributed by atoms with Gasteiger partial charge in [0.15, 0.2) is 5.82 Å². The molecule has 0 atom stereocenters. The van der Waals surface area contributed by atoms with E-state index >= 15 is 0 Å². The van der Waals surface area contributed by atoms with Crippen LogP contribution in [0.15, 0.2) is 30.6 Å². The molecule has 0 amide bonds. The molecule has 0 bridgehead atoms. The van der Waals surface area contributed by atoms with E-state index in [-0.39, 0.29) is 24.0 Å². The van der Waals surface area contributed by atoms with E-state index in [0.29, 0.717) is 5.56 Å². The van der Waals surface area contributed by atoms with Crippen molar-refractivity contribution in [3.63, 3.8) is 0 Å². The lowest BCUT2D eigenvalue weighted by Gasteiger charge is -2.10. The Morgan fingerprint density at radius 2 is 1.89 bits per heavy atom. The number of halogens is 1. The van der Waals surface area contributed by atoms with Crippen LogP contribution in [0.5, 0.6) is 5.75 Å². The van der Waals surface area contributed by atoms with Crippen molar-refractivity contribution in [2.24, 2.45) is 5.73 Å². The molecule has 1 heterocycles. The highest BCUT2D eigenvalue weighted by Gasteiger charge is 2.11. The molecule has 0 saturated heterocycles. The fourth-order valence-corrected chi connectivity index (χ4v) is 1.71. The van der Waals surface area contributed by atoms with Gasteiger partial charge in [0, 0.05) is 12.1 Å². The molecule has 0 aliphatic rings. The number of nitrogens with two attached hydrogens (primary N) is 1. The number of nitrogens with zero attached hydrogens (tertiary/aromatic N) is 2. The maximum absolute atomic E-state index is 14.0. The van der Waals surface area contributed by atoms with Gasteiger partial charge in [-0.25, -0.2) is 14.4 Å². The predicted octanol–water partition coefficient (Wildman–Crippen LogP) is 2.53. The summed E-state index contributed by atoms with van der Waals surface area (Å²) in [5, 5.41) is 0. The van der Waals surface area contributed by atoms with Crippen LogP contribution in [0.3, 0.4) is 0 Å². The molecule has 0 aliphatic heterocycles. The molecule has 0 aliphatic carbocycles. The van der Waals surface area contributed by atoms with Crippen LogP contribution in [0.25, 0.3) is 11.3 Å². The fraction of sp³-hybridized carbons (Fsp3) is 0.286. The van der Waals surface area contributed by atoms with Crippen molar-refractivity contribution < 1.29 is 9.13 Å². The van der Waals surface area contributed by atoms with Crippen molar-refractivity contribution in [3.8, 4) is 17.0 Å². The van der Waals surface area contributed by atoms with Crippen LogP contribution in [0.4, 0.5) is 4.39 Å². The lowest BCUT2D eigenvalue weighted by Crippen LogP contribution is -2.06. The van der Waals surface area contributed by atoms with Gasteiger partial charge in [0.25, 0.3) is 0 Å². The highest BCUT2D eigenvalue weighted by atomic mass is 19.1. The lowest BCUT2D eigenvalue weighted by atomic mass is 10.1. The van der Waals surface area contributed by atoms with Crippen molar-refractivity contribution in [2.45, 2.75) is 26.5 Å². The van der Waals surface area contributed by atoms with Crippen LogP contribution in [0.2, 0.25) is 0 Å². The summed E-state index contributed by atoms with van der Waals surface area (Å²) in [6.07, 6.45) is 1.42. The average Bonchev–Trinajstić information content (AvgIpc) is 2.39. The molecule has 1 aromatic heterocycles. The first-order valence-electron chi connectivity index (χ1n) is 6.08. The Bertz CT molecular complexity index is 555. The minimum atomic E-state index is -0.470. The highest BCUT2D eigenvalue weighted by molar-refractivity contribution is 5.60. The van der Waals surface area contributed by atoms with E-state index in [1.807, 2.05) is 13.8 Å². The molecule has 19 heavy (non-hydrogen) atoms. The summed E-state index contributed by atoms with van der Waals surface area (Å²) in [5.41, 5.74) is 6.57. The van der Waals surface area contributed by atoms with Gasteiger partial charge in [0.05, 0.1) is 11.8 Å². The summed E-state index contributed by atoms with van der Waals surface area (Å²) in [7, 11) is 0. The van der Waals surface area contributed by atoms with Gasteiger partial charge in [0.1, 0.15) is 17.8 Å². The third-order valence-electron chi connectivity index (χ3n) is 2.55. The number of hydrogen-bond donors (Lipinski definition) is 1. The molecular formula is C14H16FN3O. The van der Waals surface area contributed by atoms with E-state index in [4.69, 9.17) is 10.5 Å². The lowest BCUT2D eigenvalue weighted by molar-refractivity contribution is 0.242. The van der Waals surface area contributed by atoms with Crippen molar-refractivity contribution in [3.05, 3.63) is 42.1 Å². The zero-order chi connectivity index (χ0) is 13.8. The van der Waals surface area contributed by atoms with Crippen LogP contribution in [-0.2, 0) is 6.54 Å². The Balaban J connectivity index is 2.32. The summed E-state index contributed by atoms with van der Waals surface area (Å²) >= 11 is 0. The number of rotatable bonds is 4. The second kappa shape index (κ2) is 5.75. The quantitative estimate of drug-likeness (QED) is 0.918. The number of aromatic nitrogens is 2. The second-order valence-electron chi connectivity index (χ2n) is 4.38. The highest BCUT2D eigenvalue weighted by Crippen LogP contribution is 2.24. The first kappa shape index (κ1) is 13.4. The molecule has 4 nitrogen and oxygen atoms in total. The van der Waals surface area contributed by atoms with Crippen molar-refractivity contribution >= 4 is 0 Å². The molecule has 0 radical (unpaired) electrons. The van der Waals surface area contributed by atoms with E-state index in [2.05, 4.69) is 9.97 Å². The molecule has 2 aromatic rings. The third-order valence-corrected chi connectivity index (χ3v) is 2.55. The van der Waals surface area contributed by atoms with Crippen LogP contribution >= 0.6 is 0 Å². The fourth-order valence-electron chi connectivity index (χ4n) is 1.71. The molecule has 2 N–H and O–H groups in total. The van der Waals surface area contributed by atoms with Crippen LogP contribution < -0.4 is 10.5 Å². The zero-order valence-electron chi connectivity index (χ0n) is 10.9. The molecule has 1 aromatic carbocycles. The van der Waals surface area contributed by atoms with Crippen LogP contribution in [0, 0.1) is 5.82 Å². The molecule has 0 spiro atoms. The van der Waals surface area contributed by atoms with Crippen molar-refractivity contribution in [1.29, 1.82) is 0 Å². The van der Waals surface area contributed by atoms with E-state index in [1.165, 1.54) is 6.33 Å². The Morgan fingerprint density at radius 3 is 2.47 bits per heavy atom. The van der Waals surface area contributed by atoms with Gasteiger partial charge < -0.3 is 10.5 Å². The maximum Gasteiger partial charge on any atom is 0.172 e. The standard InChI is InChI=1S/C14H16FN3O/c1-9(2)19-11-5-3-10(4-6-11)14-13(15)12(7-16)17-8-18-14/h3-6,8-9H,7,16H2,1-2H3. The van der Waals surface area contributed by atoms with Gasteiger partial charge in [-0.05, 0) is 38.1 Å². The predicted molar refractivity (Wildman–Crippen MR) is 71.1 cm³/mol. The Hall–Kier alpha value is -2.01. The minimum absolute atomic E-state index is 0.0515. The average molecular weight is 261 g/mol. The van der Waals surface area contributed by atoms with Gasteiger partial charge in [-0.15, -0.1) is 0 Å². The number of hydrogen-bond acceptors (Lipinski definition) is 4. The van der Waals surface area contributed by atoms with Gasteiger partial charge in [0.2, 0.25) is 0 Å². The summed E-state index contributed by atoms with van der Waals surface area (Å²) in [6, 6.07) is 7.12. The topological polar surface area (TPSA) is 61.0 Å². The molecule has 100 valence electrons. The normalized spacial score (nSPS) is 10.8. The second-order valence-corrected chi connectivity index (χ2v) is 4.38. The summed E-state index contributed by atoms with van der Waals surface area (Å²) in [5.74, 6) is 0.273. The van der Waals surface area contributed by atoms with E-state index in [0.717, 1.165) is 5.75 Å². The molecular weight excluding hydrogens is 245 g/mol. The van der Waals surface area contributed by atoms with Crippen molar-refractivity contribution in [2.75, 3.05) is 0 Å². The van der Waals surface area contributed by atoms with Crippen molar-refractivity contribution in [1.82, 2.24) is 9.97 Å². The minimum Gasteiger partial charge on any atom is -0.491 e. The molecule has 0 fully saturated rings. The van der Waals surface area contributed by atoms with E-state index in [9.17, 15) is 4.39 Å². The third kappa shape index (κ3) is 3.06. The first-order chi connectivity index (χ1) is 9.11. The van der Waals surface area contributed by atoms with Gasteiger partial charge >= 0.3 is 0 Å². The van der Waals surface area contributed by atoms with E-state index < -0.39 is 5.82 Å².